The molecular weight excluding hydrogens is 336 g/mol. The fraction of sp³-hybridized carbons (Fsp3) is 0.471. The predicted molar refractivity (Wildman–Crippen MR) is 95.6 cm³/mol. The highest BCUT2D eigenvalue weighted by Crippen LogP contribution is 2.11. The van der Waals surface area contributed by atoms with Gasteiger partial charge in [-0.1, -0.05) is 13.8 Å². The molecule has 0 saturated carbocycles. The number of amides is 1. The van der Waals surface area contributed by atoms with Crippen molar-refractivity contribution >= 4 is 17.6 Å². The summed E-state index contributed by atoms with van der Waals surface area (Å²) in [5.74, 6) is -0.145. The van der Waals surface area contributed by atoms with E-state index in [1.807, 2.05) is 0 Å². The average Bonchev–Trinajstić information content (AvgIpc) is 3.03. The fourth-order valence-corrected chi connectivity index (χ4v) is 2.33. The number of carbonyl (C=O) groups excluding carboxylic acids is 2. The van der Waals surface area contributed by atoms with Gasteiger partial charge in [0.25, 0.3) is 0 Å². The van der Waals surface area contributed by atoms with Crippen LogP contribution in [0.4, 0.5) is 5.69 Å². The first-order valence-corrected chi connectivity index (χ1v) is 8.54. The van der Waals surface area contributed by atoms with Crippen molar-refractivity contribution in [2.45, 2.75) is 20.3 Å². The van der Waals surface area contributed by atoms with Gasteiger partial charge in [-0.2, -0.15) is 0 Å². The minimum absolute atomic E-state index is 0.0681. The quantitative estimate of drug-likeness (QED) is 0.663. The summed E-state index contributed by atoms with van der Waals surface area (Å²) < 4.78 is 6.72. The molecule has 2 aromatic rings. The Morgan fingerprint density at radius 1 is 1.19 bits per heavy atom. The standard InChI is InChI=1S/C17H24N6O3/c1-4-23(5-2)10-11-26-17(25)13-6-8-14(9-7-13)18-16(24)12-15-19-20-21-22(15)3/h6-9H,4-5,10-12H2,1-3H3,(H,18,24). The number of ether oxygens (including phenoxy) is 1. The summed E-state index contributed by atoms with van der Waals surface area (Å²) in [6.07, 6.45) is 0.0681. The molecule has 0 saturated heterocycles. The molecule has 0 fully saturated rings. The van der Waals surface area contributed by atoms with Gasteiger partial charge >= 0.3 is 5.97 Å². The van der Waals surface area contributed by atoms with Gasteiger partial charge in [-0.05, 0) is 47.8 Å². The molecule has 0 radical (unpaired) electrons. The van der Waals surface area contributed by atoms with E-state index in [0.717, 1.165) is 13.1 Å². The van der Waals surface area contributed by atoms with Crippen molar-refractivity contribution in [3.8, 4) is 0 Å². The van der Waals surface area contributed by atoms with Gasteiger partial charge in [-0.25, -0.2) is 9.48 Å². The van der Waals surface area contributed by atoms with Crippen LogP contribution in [0.5, 0.6) is 0 Å². The van der Waals surface area contributed by atoms with Crippen molar-refractivity contribution < 1.29 is 14.3 Å². The van der Waals surface area contributed by atoms with E-state index < -0.39 is 0 Å². The van der Waals surface area contributed by atoms with Crippen molar-refractivity contribution in [2.75, 3.05) is 31.6 Å². The van der Waals surface area contributed by atoms with Crippen LogP contribution < -0.4 is 5.32 Å². The fourth-order valence-electron chi connectivity index (χ4n) is 2.33. The van der Waals surface area contributed by atoms with Gasteiger partial charge in [0.15, 0.2) is 5.82 Å². The van der Waals surface area contributed by atoms with Crippen LogP contribution in [0, 0.1) is 0 Å². The number of nitrogens with one attached hydrogen (secondary N) is 1. The van der Waals surface area contributed by atoms with Crippen LogP contribution in [0.3, 0.4) is 0 Å². The number of hydrogen-bond donors (Lipinski definition) is 1. The van der Waals surface area contributed by atoms with Crippen LogP contribution in [0.2, 0.25) is 0 Å². The number of aromatic nitrogens is 4. The lowest BCUT2D eigenvalue weighted by molar-refractivity contribution is -0.115. The minimum Gasteiger partial charge on any atom is -0.461 e. The van der Waals surface area contributed by atoms with E-state index in [-0.39, 0.29) is 18.3 Å². The number of likely N-dealkylation sites (N-methyl/N-ethyl adjacent to an activating group) is 1. The molecule has 1 aromatic carbocycles. The average molecular weight is 360 g/mol. The van der Waals surface area contributed by atoms with E-state index in [0.29, 0.717) is 30.2 Å². The Morgan fingerprint density at radius 2 is 1.88 bits per heavy atom. The normalized spacial score (nSPS) is 10.8. The van der Waals surface area contributed by atoms with E-state index >= 15 is 0 Å². The highest BCUT2D eigenvalue weighted by atomic mass is 16.5. The first-order valence-electron chi connectivity index (χ1n) is 8.54. The highest BCUT2D eigenvalue weighted by molar-refractivity contribution is 5.93. The largest absolute Gasteiger partial charge is 0.461 e. The molecule has 0 spiro atoms. The number of carbonyl (C=O) groups is 2. The molecule has 1 aromatic heterocycles. The Morgan fingerprint density at radius 3 is 2.46 bits per heavy atom. The van der Waals surface area contributed by atoms with Crippen molar-refractivity contribution in [2.24, 2.45) is 7.05 Å². The molecule has 9 nitrogen and oxygen atoms in total. The van der Waals surface area contributed by atoms with Crippen LogP contribution in [-0.2, 0) is 23.0 Å². The van der Waals surface area contributed by atoms with Crippen LogP contribution in [0.25, 0.3) is 0 Å². The number of aryl methyl sites for hydroxylation is 1. The predicted octanol–water partition coefficient (Wildman–Crippen LogP) is 0.890. The zero-order chi connectivity index (χ0) is 18.9. The van der Waals surface area contributed by atoms with E-state index in [2.05, 4.69) is 39.6 Å². The minimum atomic E-state index is -0.375. The monoisotopic (exact) mass is 360 g/mol. The van der Waals surface area contributed by atoms with Crippen LogP contribution in [0.15, 0.2) is 24.3 Å². The van der Waals surface area contributed by atoms with Gasteiger partial charge in [0.1, 0.15) is 6.61 Å². The number of nitrogens with zero attached hydrogens (tertiary/aromatic N) is 5. The maximum atomic E-state index is 12.0. The van der Waals surface area contributed by atoms with Gasteiger partial charge < -0.3 is 15.0 Å². The van der Waals surface area contributed by atoms with Gasteiger partial charge in [0.05, 0.1) is 12.0 Å². The summed E-state index contributed by atoms with van der Waals surface area (Å²) in [5, 5.41) is 13.7. The molecule has 26 heavy (non-hydrogen) atoms. The summed E-state index contributed by atoms with van der Waals surface area (Å²) in [4.78, 5) is 26.2. The Balaban J connectivity index is 1.82. The molecule has 1 N–H and O–H groups in total. The lowest BCUT2D eigenvalue weighted by Gasteiger charge is -2.17. The van der Waals surface area contributed by atoms with Gasteiger partial charge in [0.2, 0.25) is 5.91 Å². The Bertz CT molecular complexity index is 724. The number of hydrogen-bond acceptors (Lipinski definition) is 7. The Hall–Kier alpha value is -2.81. The summed E-state index contributed by atoms with van der Waals surface area (Å²) >= 11 is 0. The summed E-state index contributed by atoms with van der Waals surface area (Å²) in [6.45, 7) is 7.05. The third-order valence-corrected chi connectivity index (χ3v) is 3.97. The molecule has 9 heteroatoms. The smallest absolute Gasteiger partial charge is 0.338 e. The lowest BCUT2D eigenvalue weighted by atomic mass is 10.2. The summed E-state index contributed by atoms with van der Waals surface area (Å²) in [5.41, 5.74) is 1.03. The number of benzene rings is 1. The van der Waals surface area contributed by atoms with E-state index in [1.165, 1.54) is 4.68 Å². The zero-order valence-electron chi connectivity index (χ0n) is 15.3. The first-order chi connectivity index (χ1) is 12.5. The number of esters is 1. The van der Waals surface area contributed by atoms with Gasteiger partial charge in [-0.3, -0.25) is 4.79 Å². The number of tetrazole rings is 1. The molecule has 0 bridgehead atoms. The third kappa shape index (κ3) is 5.62. The van der Waals surface area contributed by atoms with Crippen molar-refractivity contribution in [3.05, 3.63) is 35.7 Å². The second-order valence-corrected chi connectivity index (χ2v) is 5.68. The molecule has 1 heterocycles. The van der Waals surface area contributed by atoms with Gasteiger partial charge in [0, 0.05) is 19.3 Å². The number of rotatable bonds is 9. The van der Waals surface area contributed by atoms with Crippen LogP contribution in [-0.4, -0.2) is 63.2 Å². The first kappa shape index (κ1) is 19.5. The molecule has 0 unspecified atom stereocenters. The molecule has 140 valence electrons. The van der Waals surface area contributed by atoms with Crippen molar-refractivity contribution in [3.63, 3.8) is 0 Å². The molecule has 0 aliphatic carbocycles. The second-order valence-electron chi connectivity index (χ2n) is 5.68. The lowest BCUT2D eigenvalue weighted by Crippen LogP contribution is -2.27. The molecule has 0 aliphatic heterocycles. The second kappa shape index (κ2) is 9.62. The van der Waals surface area contributed by atoms with Crippen molar-refractivity contribution in [1.29, 1.82) is 0 Å². The Labute approximate surface area is 152 Å². The van der Waals surface area contributed by atoms with E-state index in [4.69, 9.17) is 4.74 Å². The molecule has 2 rings (SSSR count). The zero-order valence-corrected chi connectivity index (χ0v) is 15.3. The Kier molecular flexibility index (Phi) is 7.22. The number of anilines is 1. The molecular formula is C17H24N6O3. The molecule has 0 atom stereocenters. The van der Waals surface area contributed by atoms with Crippen LogP contribution in [0.1, 0.15) is 30.0 Å². The van der Waals surface area contributed by atoms with Crippen molar-refractivity contribution in [1.82, 2.24) is 25.1 Å². The summed E-state index contributed by atoms with van der Waals surface area (Å²) in [6, 6.07) is 6.57. The van der Waals surface area contributed by atoms with Crippen LogP contribution >= 0.6 is 0 Å². The maximum absolute atomic E-state index is 12.0. The van der Waals surface area contributed by atoms with Gasteiger partial charge in [-0.15, -0.1) is 5.10 Å². The topological polar surface area (TPSA) is 102 Å². The third-order valence-electron chi connectivity index (χ3n) is 3.97. The SMILES string of the molecule is CCN(CC)CCOC(=O)c1ccc(NC(=O)Cc2nnnn2C)cc1. The summed E-state index contributed by atoms with van der Waals surface area (Å²) in [7, 11) is 1.67. The highest BCUT2D eigenvalue weighted by Gasteiger charge is 2.11. The van der Waals surface area contributed by atoms with E-state index in [9.17, 15) is 9.59 Å². The molecule has 0 aliphatic rings. The maximum Gasteiger partial charge on any atom is 0.338 e. The van der Waals surface area contributed by atoms with E-state index in [1.54, 1.807) is 31.3 Å². The molecule has 1 amide bonds.